The largest absolute Gasteiger partial charge is 0.309 e. The molecule has 0 saturated carbocycles. The minimum Gasteiger partial charge on any atom is -0.309 e. The third-order valence-electron chi connectivity index (χ3n) is 9.57. The predicted octanol–water partition coefficient (Wildman–Crippen LogP) is 10.8. The molecule has 5 nitrogen and oxygen atoms in total. The topological polar surface area (TPSA) is 40.6 Å². The van der Waals surface area contributed by atoms with Gasteiger partial charge in [-0.15, -0.1) is 10.2 Å². The summed E-state index contributed by atoms with van der Waals surface area (Å²) in [6.45, 7) is 0. The van der Waals surface area contributed by atoms with E-state index in [4.69, 9.17) is 10.2 Å². The van der Waals surface area contributed by atoms with Crippen LogP contribution in [-0.4, -0.2) is 23.9 Å². The van der Waals surface area contributed by atoms with Crippen LogP contribution < -0.4 is 0 Å². The number of aromatic nitrogens is 5. The van der Waals surface area contributed by atoms with Crippen LogP contribution in [-0.2, 0) is 0 Å². The van der Waals surface area contributed by atoms with Gasteiger partial charge in [-0.05, 0) is 54.6 Å². The monoisotopic (exact) mass is 627 g/mol. The summed E-state index contributed by atoms with van der Waals surface area (Å²) in [4.78, 5) is 0. The van der Waals surface area contributed by atoms with Crippen molar-refractivity contribution in [2.24, 2.45) is 0 Å². The molecule has 0 N–H and O–H groups in total. The number of hydrogen-bond acceptors (Lipinski definition) is 2. The summed E-state index contributed by atoms with van der Waals surface area (Å²) >= 11 is 0. The summed E-state index contributed by atoms with van der Waals surface area (Å²) in [7, 11) is 0. The molecule has 3 aromatic heterocycles. The highest BCUT2D eigenvalue weighted by molar-refractivity contribution is 6.11. The van der Waals surface area contributed by atoms with E-state index in [9.17, 15) is 0 Å². The van der Waals surface area contributed by atoms with Crippen molar-refractivity contribution in [2.75, 3.05) is 0 Å². The Morgan fingerprint density at radius 3 is 1.20 bits per heavy atom. The second kappa shape index (κ2) is 10.9. The maximum Gasteiger partial charge on any atom is 0.168 e. The number of para-hydroxylation sites is 3. The summed E-state index contributed by atoms with van der Waals surface area (Å²) in [6.07, 6.45) is 0. The van der Waals surface area contributed by atoms with Crippen molar-refractivity contribution in [3.63, 3.8) is 0 Å². The van der Waals surface area contributed by atoms with Crippen molar-refractivity contribution >= 4 is 43.6 Å². The Bertz CT molecular complexity index is 2710. The molecule has 49 heavy (non-hydrogen) atoms. The molecule has 0 fully saturated rings. The summed E-state index contributed by atoms with van der Waals surface area (Å²) in [6, 6.07) is 62.2. The summed E-state index contributed by atoms with van der Waals surface area (Å²) in [5.74, 6) is 1.61. The van der Waals surface area contributed by atoms with E-state index in [-0.39, 0.29) is 0 Å². The van der Waals surface area contributed by atoms with Crippen LogP contribution in [0.3, 0.4) is 0 Å². The Hall–Kier alpha value is -6.72. The van der Waals surface area contributed by atoms with Crippen LogP contribution in [0.25, 0.3) is 83.4 Å². The third kappa shape index (κ3) is 4.26. The van der Waals surface area contributed by atoms with Gasteiger partial charge < -0.3 is 9.13 Å². The Morgan fingerprint density at radius 1 is 0.286 bits per heavy atom. The highest BCUT2D eigenvalue weighted by atomic mass is 15.3. The molecule has 230 valence electrons. The first-order valence-electron chi connectivity index (χ1n) is 16.5. The first-order valence-corrected chi connectivity index (χ1v) is 16.5. The van der Waals surface area contributed by atoms with E-state index < -0.39 is 0 Å². The molecule has 0 atom stereocenters. The van der Waals surface area contributed by atoms with Crippen molar-refractivity contribution in [2.45, 2.75) is 0 Å². The Morgan fingerprint density at radius 2 is 0.694 bits per heavy atom. The molecular formula is C44H29N5. The van der Waals surface area contributed by atoms with Crippen LogP contribution >= 0.6 is 0 Å². The van der Waals surface area contributed by atoms with Crippen molar-refractivity contribution in [3.8, 4) is 39.8 Å². The fraction of sp³-hybridized carbons (Fsp3) is 0. The standard InChI is InChI=1S/C44H29N5/c1-3-14-30(15-4-1)43-45-46-44(31-16-5-2-6-17-31)49(43)34-26-27-42-38(29-34)37-22-9-12-25-41(37)48(42)33-19-13-18-32(28-33)47-39-23-10-7-20-35(39)36-21-8-11-24-40(36)47/h1-29H. The summed E-state index contributed by atoms with van der Waals surface area (Å²) in [5.41, 5.74) is 9.97. The zero-order chi connectivity index (χ0) is 32.3. The van der Waals surface area contributed by atoms with E-state index in [0.717, 1.165) is 50.9 Å². The molecule has 10 rings (SSSR count). The lowest BCUT2D eigenvalue weighted by Crippen LogP contribution is -2.01. The molecule has 0 aliphatic carbocycles. The van der Waals surface area contributed by atoms with Crippen LogP contribution in [0.2, 0.25) is 0 Å². The van der Waals surface area contributed by atoms with E-state index in [1.807, 2.05) is 36.4 Å². The SMILES string of the molecule is c1ccc(-c2nnc(-c3ccccc3)n2-c2ccc3c(c2)c2ccccc2n3-c2cccc(-n3c4ccccc4c4ccccc43)c2)cc1. The molecule has 0 bridgehead atoms. The molecule has 0 unspecified atom stereocenters. The van der Waals surface area contributed by atoms with Gasteiger partial charge in [0.1, 0.15) is 0 Å². The van der Waals surface area contributed by atoms with Crippen molar-refractivity contribution in [1.82, 2.24) is 23.9 Å². The fourth-order valence-electron chi connectivity index (χ4n) is 7.43. The van der Waals surface area contributed by atoms with Gasteiger partial charge in [0, 0.05) is 44.0 Å². The molecule has 7 aromatic carbocycles. The van der Waals surface area contributed by atoms with Crippen LogP contribution in [0.1, 0.15) is 0 Å². The highest BCUT2D eigenvalue weighted by Crippen LogP contribution is 2.37. The number of nitrogens with zero attached hydrogens (tertiary/aromatic N) is 5. The van der Waals surface area contributed by atoms with Gasteiger partial charge in [0.2, 0.25) is 0 Å². The number of benzene rings is 7. The minimum absolute atomic E-state index is 0.807. The Balaban J connectivity index is 1.19. The molecule has 0 amide bonds. The Labute approximate surface area is 282 Å². The van der Waals surface area contributed by atoms with Crippen LogP contribution in [0.15, 0.2) is 176 Å². The van der Waals surface area contributed by atoms with Gasteiger partial charge in [-0.25, -0.2) is 0 Å². The van der Waals surface area contributed by atoms with Gasteiger partial charge in [0.15, 0.2) is 11.6 Å². The third-order valence-corrected chi connectivity index (χ3v) is 9.57. The van der Waals surface area contributed by atoms with E-state index in [2.05, 4.69) is 153 Å². The van der Waals surface area contributed by atoms with Gasteiger partial charge in [0.25, 0.3) is 0 Å². The first kappa shape index (κ1) is 27.4. The number of hydrogen-bond donors (Lipinski definition) is 0. The molecule has 0 aliphatic heterocycles. The average molecular weight is 628 g/mol. The molecule has 0 saturated heterocycles. The summed E-state index contributed by atoms with van der Waals surface area (Å²) < 4.78 is 6.94. The molecule has 10 aromatic rings. The number of fused-ring (bicyclic) bond motifs is 6. The van der Waals surface area contributed by atoms with Crippen molar-refractivity contribution < 1.29 is 0 Å². The minimum atomic E-state index is 0.807. The van der Waals surface area contributed by atoms with Crippen LogP contribution in [0.5, 0.6) is 0 Å². The molecule has 5 heteroatoms. The lowest BCUT2D eigenvalue weighted by atomic mass is 10.1. The van der Waals surface area contributed by atoms with Gasteiger partial charge >= 0.3 is 0 Å². The quantitative estimate of drug-likeness (QED) is 0.190. The maximum absolute atomic E-state index is 4.72. The second-order valence-corrected chi connectivity index (χ2v) is 12.4. The normalized spacial score (nSPS) is 11.7. The maximum atomic E-state index is 4.72. The summed E-state index contributed by atoms with van der Waals surface area (Å²) in [5, 5.41) is 14.3. The zero-order valence-electron chi connectivity index (χ0n) is 26.5. The highest BCUT2D eigenvalue weighted by Gasteiger charge is 2.20. The predicted molar refractivity (Wildman–Crippen MR) is 201 cm³/mol. The van der Waals surface area contributed by atoms with Gasteiger partial charge in [-0.2, -0.15) is 0 Å². The van der Waals surface area contributed by atoms with E-state index in [0.29, 0.717) is 0 Å². The molecule has 0 radical (unpaired) electrons. The lowest BCUT2D eigenvalue weighted by Gasteiger charge is -2.14. The van der Waals surface area contributed by atoms with E-state index >= 15 is 0 Å². The molecule has 0 spiro atoms. The number of rotatable bonds is 5. The fourth-order valence-corrected chi connectivity index (χ4v) is 7.43. The first-order chi connectivity index (χ1) is 24.3. The molecular weight excluding hydrogens is 599 g/mol. The second-order valence-electron chi connectivity index (χ2n) is 12.4. The zero-order valence-corrected chi connectivity index (χ0v) is 26.5. The van der Waals surface area contributed by atoms with Gasteiger partial charge in [-0.1, -0.05) is 121 Å². The van der Waals surface area contributed by atoms with Crippen LogP contribution in [0.4, 0.5) is 0 Å². The van der Waals surface area contributed by atoms with Crippen LogP contribution in [0, 0.1) is 0 Å². The van der Waals surface area contributed by atoms with Crippen molar-refractivity contribution in [1.29, 1.82) is 0 Å². The van der Waals surface area contributed by atoms with E-state index in [1.165, 1.54) is 32.6 Å². The van der Waals surface area contributed by atoms with E-state index in [1.54, 1.807) is 0 Å². The van der Waals surface area contributed by atoms with Gasteiger partial charge in [-0.3, -0.25) is 4.57 Å². The van der Waals surface area contributed by atoms with Gasteiger partial charge in [0.05, 0.1) is 27.8 Å². The van der Waals surface area contributed by atoms with Crippen molar-refractivity contribution in [3.05, 3.63) is 176 Å². The molecule has 3 heterocycles. The lowest BCUT2D eigenvalue weighted by molar-refractivity contribution is 1.07. The molecule has 0 aliphatic rings. The Kier molecular flexibility index (Phi) is 6.11. The average Bonchev–Trinajstić information content (AvgIpc) is 3.86. The smallest absolute Gasteiger partial charge is 0.168 e.